The molecule has 2 heterocycles. The number of nitrogens with two attached hydrogens (primary N) is 1. The van der Waals surface area contributed by atoms with Crippen LogP contribution in [0.15, 0.2) is 137 Å². The SMILES string of the molecule is CC1=C(N)C(=O)C(c2ccccc2)N1C.CCN(CCO)c1cccc(C)c1.CC[NH+](CCO)C1C=CC(=NC2=C(C)N(C)C(c3ccccc3)C2=O)C(C)=C1.CP=O.O.O.O.O.O=O.OO.OO.OO. The number of rotatable bonds is 11. The molecule has 0 spiro atoms. The minimum atomic E-state index is -0.310. The van der Waals surface area contributed by atoms with Gasteiger partial charge in [-0.3, -0.25) is 45.7 Å². The Morgan fingerprint density at radius 3 is 1.56 bits per heavy atom. The second kappa shape index (κ2) is 44.0. The van der Waals surface area contributed by atoms with Crippen LogP contribution >= 0.6 is 8.46 Å². The lowest BCUT2D eigenvalue weighted by Crippen LogP contribution is -3.15. The number of quaternary nitrogens is 1. The number of nitrogens with zero attached hydrogens (tertiary/aromatic N) is 4. The van der Waals surface area contributed by atoms with Gasteiger partial charge in [0.2, 0.25) is 11.6 Å². The molecule has 402 valence electrons. The predicted octanol–water partition coefficient (Wildman–Crippen LogP) is 2.67. The second-order valence-electron chi connectivity index (χ2n) is 14.6. The molecule has 0 saturated carbocycles. The van der Waals surface area contributed by atoms with Crippen LogP contribution in [-0.2, 0) is 14.2 Å². The average molecular weight is 1030 g/mol. The van der Waals surface area contributed by atoms with Gasteiger partial charge < -0.3 is 57.5 Å². The van der Waals surface area contributed by atoms with E-state index >= 15 is 0 Å². The van der Waals surface area contributed by atoms with E-state index in [0.717, 1.165) is 46.9 Å². The van der Waals surface area contributed by atoms with E-state index in [1.54, 1.807) is 6.66 Å². The van der Waals surface area contributed by atoms with Gasteiger partial charge in [0.15, 0.2) is 8.46 Å². The van der Waals surface area contributed by atoms with E-state index in [0.29, 0.717) is 24.5 Å². The highest BCUT2D eigenvalue weighted by Crippen LogP contribution is 2.36. The van der Waals surface area contributed by atoms with E-state index < -0.39 is 0 Å². The molecule has 3 aliphatic rings. The molecule has 71 heavy (non-hydrogen) atoms. The van der Waals surface area contributed by atoms with Crippen LogP contribution in [-0.4, -0.2) is 157 Å². The van der Waals surface area contributed by atoms with Crippen LogP contribution in [0.5, 0.6) is 0 Å². The fraction of sp³-hybridized carbons (Fsp3) is 0.383. The Balaban J connectivity index is -0.000000210. The number of likely N-dealkylation sites (N-methyl/N-ethyl adjacent to an activating group) is 4. The number of aliphatic hydroxyl groups excluding tert-OH is 2. The Hall–Kier alpha value is -5.99. The summed E-state index contributed by atoms with van der Waals surface area (Å²) < 4.78 is 8.90. The van der Waals surface area contributed by atoms with Crippen molar-refractivity contribution in [2.45, 2.75) is 59.7 Å². The molecule has 2 aliphatic heterocycles. The van der Waals surface area contributed by atoms with E-state index in [1.165, 1.54) is 16.2 Å². The zero-order chi connectivity index (χ0) is 51.6. The topological polar surface area (TPSA) is 426 Å². The summed E-state index contributed by atoms with van der Waals surface area (Å²) in [6.45, 7) is 17.4. The summed E-state index contributed by atoms with van der Waals surface area (Å²) in [4.78, 5) is 51.2. The molecule has 4 unspecified atom stereocenters. The van der Waals surface area contributed by atoms with Crippen molar-refractivity contribution in [2.75, 3.05) is 65.1 Å². The average Bonchev–Trinajstić information content (AvgIpc) is 3.70. The first-order chi connectivity index (χ1) is 32.3. The lowest BCUT2D eigenvalue weighted by Gasteiger charge is -2.25. The number of aliphatic hydroxyl groups is 2. The van der Waals surface area contributed by atoms with E-state index in [9.17, 15) is 14.7 Å². The quantitative estimate of drug-likeness (QED) is 0.0749. The third-order valence-corrected chi connectivity index (χ3v) is 10.8. The van der Waals surface area contributed by atoms with Crippen molar-refractivity contribution in [1.29, 1.82) is 0 Å². The smallest absolute Gasteiger partial charge is 0.209 e. The highest BCUT2D eigenvalue weighted by atomic mass is 31.1. The van der Waals surface area contributed by atoms with E-state index in [2.05, 4.69) is 56.0 Å². The zero-order valence-electron chi connectivity index (χ0n) is 41.7. The third kappa shape index (κ3) is 23.2. The van der Waals surface area contributed by atoms with Gasteiger partial charge in [-0.2, -0.15) is 0 Å². The van der Waals surface area contributed by atoms with Crippen molar-refractivity contribution < 1.29 is 82.7 Å². The van der Waals surface area contributed by atoms with Crippen molar-refractivity contribution in [3.05, 3.63) is 158 Å². The van der Waals surface area contributed by atoms with E-state index in [1.807, 2.05) is 117 Å². The van der Waals surface area contributed by atoms with Crippen LogP contribution in [0.25, 0.3) is 0 Å². The van der Waals surface area contributed by atoms with Gasteiger partial charge in [0, 0.05) is 60.9 Å². The Kier molecular flexibility index (Phi) is 47.4. The normalized spacial score (nSPS) is 16.8. The molecular weight excluding hydrogens is 952 g/mol. The largest absolute Gasteiger partial charge is 0.412 e. The maximum absolute atomic E-state index is 13.1. The summed E-state index contributed by atoms with van der Waals surface area (Å²) >= 11 is 0. The number of carbonyl (C=O) groups is 2. The molecule has 0 fully saturated rings. The molecule has 0 bridgehead atoms. The van der Waals surface area contributed by atoms with Crippen LogP contribution in [0.1, 0.15) is 63.4 Å². The maximum atomic E-state index is 13.1. The van der Waals surface area contributed by atoms with Crippen molar-refractivity contribution in [3.8, 4) is 0 Å². The molecule has 4 atom stereocenters. The predicted molar refractivity (Wildman–Crippen MR) is 278 cm³/mol. The van der Waals surface area contributed by atoms with Crippen molar-refractivity contribution in [3.63, 3.8) is 0 Å². The summed E-state index contributed by atoms with van der Waals surface area (Å²) in [7, 11) is 4.01. The Bertz CT molecular complexity index is 2060. The summed E-state index contributed by atoms with van der Waals surface area (Å²) in [5.74, 6) is 0.0457. The lowest BCUT2D eigenvalue weighted by molar-refractivity contribution is -0.910. The van der Waals surface area contributed by atoms with Crippen molar-refractivity contribution in [1.82, 2.24) is 9.80 Å². The van der Waals surface area contributed by atoms with Gasteiger partial charge in [-0.15, -0.1) is 0 Å². The molecule has 6 rings (SSSR count). The fourth-order valence-electron chi connectivity index (χ4n) is 7.26. The maximum Gasteiger partial charge on any atom is 0.209 e. The summed E-state index contributed by atoms with van der Waals surface area (Å²) in [5, 5.41) is 54.1. The van der Waals surface area contributed by atoms with Crippen molar-refractivity contribution in [2.24, 2.45) is 10.7 Å². The first-order valence-electron chi connectivity index (χ1n) is 20.9. The number of carbonyl (C=O) groups excluding carboxylic acids is 2. The van der Waals surface area contributed by atoms with Crippen LogP contribution in [0.3, 0.4) is 0 Å². The molecule has 1 aliphatic carbocycles. The standard InChI is InChI=1S/C23H29N3O2.C12H14N2O.C11H17NO.CH3OP.3H2O2.O2.4H2O/c1-5-26(13-14-27)19-11-12-20(16(2)15-19)24-21-17(3)25(4)22(23(21)28)18-9-7-6-8-10-18;1-8-10(13)12(15)11(14(8)2)9-6-4-3-5-7-9;1-3-12(7-8-13)11-6-4-5-10(2)9-11;1-3-2;4*1-2;;;;/h6-12,15,19,22,27H,5,13-14H2,1-4H3;3-7,11H,13H2,1-2H3;4-6,9,13H,3,7-8H2,1-2H3;1H3;3*1-2H;;4*1H2/p+1. The monoisotopic (exact) mass is 1030 g/mol. The van der Waals surface area contributed by atoms with Gasteiger partial charge in [0.05, 0.1) is 31.2 Å². The van der Waals surface area contributed by atoms with Gasteiger partial charge in [-0.1, -0.05) is 72.8 Å². The molecular formula is C47H78N6O17P+. The van der Waals surface area contributed by atoms with Gasteiger partial charge in [0.25, 0.3) is 0 Å². The third-order valence-electron chi connectivity index (χ3n) is 10.8. The molecule has 0 radical (unpaired) electrons. The molecule has 23 nitrogen and oxygen atoms in total. The minimum absolute atomic E-state index is 0. The van der Waals surface area contributed by atoms with E-state index in [-0.39, 0.29) is 73.3 Å². The van der Waals surface area contributed by atoms with Gasteiger partial charge in [-0.05, 0) is 94.2 Å². The minimum Gasteiger partial charge on any atom is -0.412 e. The van der Waals surface area contributed by atoms with Crippen molar-refractivity contribution >= 4 is 31.4 Å². The van der Waals surface area contributed by atoms with Gasteiger partial charge in [-0.25, -0.2) is 4.99 Å². The second-order valence-corrected chi connectivity index (χ2v) is 14.9. The number of aryl methyl sites for hydroxylation is 1. The number of hydrogen-bond acceptors (Lipinski definition) is 18. The van der Waals surface area contributed by atoms with E-state index in [4.69, 9.17) is 61.9 Å². The van der Waals surface area contributed by atoms with Gasteiger partial charge >= 0.3 is 0 Å². The Labute approximate surface area is 416 Å². The number of aliphatic imine (C=N–C) groups is 1. The molecule has 0 saturated heterocycles. The number of allylic oxidation sites excluding steroid dienone is 4. The number of nitrogens with one attached hydrogen (secondary N) is 1. The number of anilines is 1. The summed E-state index contributed by atoms with van der Waals surface area (Å²) in [6.07, 6.45) is 6.31. The Morgan fingerprint density at radius 2 is 1.18 bits per heavy atom. The fourth-order valence-corrected chi connectivity index (χ4v) is 7.26. The molecule has 0 aromatic heterocycles. The zero-order valence-corrected chi connectivity index (χ0v) is 42.6. The first-order valence-corrected chi connectivity index (χ1v) is 22.2. The van der Waals surface area contributed by atoms with Gasteiger partial charge in [0.1, 0.15) is 30.4 Å². The number of ketones is 2. The highest BCUT2D eigenvalue weighted by Gasteiger charge is 2.37. The first kappa shape index (κ1) is 76.5. The highest BCUT2D eigenvalue weighted by molar-refractivity contribution is 7.22. The van der Waals surface area contributed by atoms with Crippen LogP contribution in [0.2, 0.25) is 0 Å². The summed E-state index contributed by atoms with van der Waals surface area (Å²) in [6, 6.07) is 27.6. The van der Waals surface area contributed by atoms with Crippen LogP contribution in [0.4, 0.5) is 5.69 Å². The lowest BCUT2D eigenvalue weighted by atomic mass is 10.00. The molecule has 3 aromatic carbocycles. The van der Waals surface area contributed by atoms with Crippen LogP contribution < -0.4 is 15.5 Å². The molecule has 3 aromatic rings. The van der Waals surface area contributed by atoms with Crippen LogP contribution in [0, 0.1) is 16.9 Å². The Morgan fingerprint density at radius 1 is 0.718 bits per heavy atom. The summed E-state index contributed by atoms with van der Waals surface area (Å²) in [5.41, 5.74) is 14.7. The molecule has 24 heteroatoms. The molecule has 19 N–H and O–H groups in total. The molecule has 0 amide bonds. The number of benzene rings is 3. The number of hydrogen-bond donors (Lipinski definition) is 10. The number of Topliss-reactive ketones (excluding diaryl/α,β-unsaturated/α-hetero) is 2.